The van der Waals surface area contributed by atoms with E-state index in [0.29, 0.717) is 17.9 Å². The van der Waals surface area contributed by atoms with Gasteiger partial charge in [0.1, 0.15) is 0 Å². The molecule has 2 aromatic rings. The van der Waals surface area contributed by atoms with Gasteiger partial charge in [-0.15, -0.1) is 10.2 Å². The van der Waals surface area contributed by atoms with Gasteiger partial charge >= 0.3 is 0 Å². The summed E-state index contributed by atoms with van der Waals surface area (Å²) in [4.78, 5) is 10.5. The first-order valence-electron chi connectivity index (χ1n) is 5.47. The number of nitrogens with zero attached hydrogens (tertiary/aromatic N) is 4. The van der Waals surface area contributed by atoms with E-state index in [0.717, 1.165) is 4.47 Å². The minimum absolute atomic E-state index is 0.0796. The van der Waals surface area contributed by atoms with E-state index in [1.54, 1.807) is 12.1 Å². The van der Waals surface area contributed by atoms with Gasteiger partial charge in [0.15, 0.2) is 5.82 Å². The number of nitro benzene ring substituents is 1. The van der Waals surface area contributed by atoms with E-state index < -0.39 is 4.92 Å². The number of H-pyrrole nitrogens is 1. The van der Waals surface area contributed by atoms with Crippen LogP contribution < -0.4 is 5.32 Å². The van der Waals surface area contributed by atoms with Crippen LogP contribution in [0.3, 0.4) is 0 Å². The summed E-state index contributed by atoms with van der Waals surface area (Å²) in [5, 5.41) is 27.6. The minimum Gasteiger partial charge on any atom is -0.303 e. The molecule has 2 rings (SSSR count). The molecule has 1 aromatic heterocycles. The summed E-state index contributed by atoms with van der Waals surface area (Å²) in [5.41, 5.74) is 0.672. The molecule has 100 valence electrons. The third-order valence-electron chi connectivity index (χ3n) is 2.59. The van der Waals surface area contributed by atoms with Crippen molar-refractivity contribution in [2.24, 2.45) is 0 Å². The summed E-state index contributed by atoms with van der Waals surface area (Å²) in [6.45, 7) is 2.19. The first-order valence-corrected chi connectivity index (χ1v) is 6.27. The largest absolute Gasteiger partial charge is 0.303 e. The molecule has 0 aliphatic rings. The van der Waals surface area contributed by atoms with E-state index in [1.807, 2.05) is 6.92 Å². The molecule has 0 fully saturated rings. The van der Waals surface area contributed by atoms with Crippen molar-refractivity contribution in [3.63, 3.8) is 0 Å². The fourth-order valence-electron chi connectivity index (χ4n) is 1.58. The third-order valence-corrected chi connectivity index (χ3v) is 3.08. The molecule has 0 spiro atoms. The molecule has 2 N–H and O–H groups in total. The Morgan fingerprint density at radius 2 is 2.37 bits per heavy atom. The quantitative estimate of drug-likeness (QED) is 0.639. The number of hydrogen-bond donors (Lipinski definition) is 2. The highest BCUT2D eigenvalue weighted by Crippen LogP contribution is 2.23. The van der Waals surface area contributed by atoms with Crippen molar-refractivity contribution in [3.8, 4) is 0 Å². The predicted molar refractivity (Wildman–Crippen MR) is 70.2 cm³/mol. The lowest BCUT2D eigenvalue weighted by atomic mass is 10.1. The van der Waals surface area contributed by atoms with Gasteiger partial charge in [-0.3, -0.25) is 10.1 Å². The highest BCUT2D eigenvalue weighted by molar-refractivity contribution is 9.10. The molecule has 8 nitrogen and oxygen atoms in total. The Morgan fingerprint density at radius 3 is 3.00 bits per heavy atom. The Bertz CT molecular complexity index is 573. The molecular weight excluding hydrogens is 316 g/mol. The molecule has 0 amide bonds. The minimum atomic E-state index is -0.400. The van der Waals surface area contributed by atoms with E-state index in [2.05, 4.69) is 41.9 Å². The Kier molecular flexibility index (Phi) is 4.17. The number of rotatable bonds is 5. The summed E-state index contributed by atoms with van der Waals surface area (Å²) in [6.07, 6.45) is 0. The molecular formula is C10H11BrN6O2. The lowest BCUT2D eigenvalue weighted by molar-refractivity contribution is -0.385. The summed E-state index contributed by atoms with van der Waals surface area (Å²) < 4.78 is 0.794. The lowest BCUT2D eigenvalue weighted by Crippen LogP contribution is -2.20. The number of nitrogens with one attached hydrogen (secondary N) is 2. The highest BCUT2D eigenvalue weighted by atomic mass is 79.9. The highest BCUT2D eigenvalue weighted by Gasteiger charge is 2.16. The first-order chi connectivity index (χ1) is 9.08. The van der Waals surface area contributed by atoms with Gasteiger partial charge in [0.25, 0.3) is 5.69 Å². The summed E-state index contributed by atoms with van der Waals surface area (Å²) in [6, 6.07) is 4.68. The molecule has 9 heteroatoms. The second kappa shape index (κ2) is 5.85. The van der Waals surface area contributed by atoms with Crippen LogP contribution in [0.15, 0.2) is 22.7 Å². The topological polar surface area (TPSA) is 110 Å². The van der Waals surface area contributed by atoms with E-state index in [-0.39, 0.29) is 11.7 Å². The zero-order valence-electron chi connectivity index (χ0n) is 10.00. The van der Waals surface area contributed by atoms with Gasteiger partial charge in [0, 0.05) is 22.6 Å². The van der Waals surface area contributed by atoms with Crippen molar-refractivity contribution < 1.29 is 4.92 Å². The van der Waals surface area contributed by atoms with Crippen molar-refractivity contribution >= 4 is 21.6 Å². The van der Waals surface area contributed by atoms with Crippen LogP contribution in [0.4, 0.5) is 5.69 Å². The van der Waals surface area contributed by atoms with Gasteiger partial charge in [-0.2, -0.15) is 5.21 Å². The summed E-state index contributed by atoms with van der Waals surface area (Å²) in [7, 11) is 0. The van der Waals surface area contributed by atoms with Crippen molar-refractivity contribution in [2.75, 3.05) is 0 Å². The second-order valence-corrected chi connectivity index (χ2v) is 4.82. The van der Waals surface area contributed by atoms with Gasteiger partial charge in [-0.05, 0) is 19.1 Å². The second-order valence-electron chi connectivity index (χ2n) is 3.90. The SMILES string of the molecule is CC(NCc1cc(Br)ccc1[N+](=O)[O-])c1nn[nH]n1. The smallest absolute Gasteiger partial charge is 0.273 e. The number of benzene rings is 1. The molecule has 0 saturated heterocycles. The van der Waals surface area contributed by atoms with Crippen LogP contribution in [-0.2, 0) is 6.54 Å². The molecule has 1 heterocycles. The maximum atomic E-state index is 10.9. The molecule has 0 radical (unpaired) electrons. The molecule has 0 saturated carbocycles. The van der Waals surface area contributed by atoms with Gasteiger partial charge in [0.2, 0.25) is 0 Å². The van der Waals surface area contributed by atoms with Crippen LogP contribution in [0.1, 0.15) is 24.4 Å². The normalized spacial score (nSPS) is 12.3. The zero-order valence-corrected chi connectivity index (χ0v) is 11.6. The van der Waals surface area contributed by atoms with Crippen molar-refractivity contribution in [1.82, 2.24) is 25.9 Å². The van der Waals surface area contributed by atoms with Gasteiger partial charge in [-0.1, -0.05) is 21.1 Å². The van der Waals surface area contributed by atoms with Crippen LogP contribution in [-0.4, -0.2) is 25.5 Å². The monoisotopic (exact) mass is 326 g/mol. The molecule has 1 atom stereocenters. The number of aromatic nitrogens is 4. The van der Waals surface area contributed by atoms with Crippen LogP contribution in [0.2, 0.25) is 0 Å². The average Bonchev–Trinajstić information content (AvgIpc) is 2.89. The standard InChI is InChI=1S/C10H11BrN6O2/c1-6(10-13-15-16-14-10)12-5-7-4-8(11)2-3-9(7)17(18)19/h2-4,6,12H,5H2,1H3,(H,13,14,15,16). The van der Waals surface area contributed by atoms with E-state index in [9.17, 15) is 10.1 Å². The van der Waals surface area contributed by atoms with Crippen molar-refractivity contribution in [2.45, 2.75) is 19.5 Å². The van der Waals surface area contributed by atoms with Crippen LogP contribution >= 0.6 is 15.9 Å². The van der Waals surface area contributed by atoms with Crippen molar-refractivity contribution in [3.05, 3.63) is 44.2 Å². The number of aromatic amines is 1. The number of hydrogen-bond acceptors (Lipinski definition) is 6. The maximum Gasteiger partial charge on any atom is 0.273 e. The molecule has 1 unspecified atom stereocenters. The summed E-state index contributed by atoms with van der Waals surface area (Å²) >= 11 is 3.30. The van der Waals surface area contributed by atoms with Gasteiger partial charge < -0.3 is 5.32 Å². The first kappa shape index (κ1) is 13.6. The van der Waals surface area contributed by atoms with Gasteiger partial charge in [-0.25, -0.2) is 0 Å². The molecule has 19 heavy (non-hydrogen) atoms. The van der Waals surface area contributed by atoms with Crippen LogP contribution in [0.5, 0.6) is 0 Å². The predicted octanol–water partition coefficient (Wildman–Crippen LogP) is 1.72. The van der Waals surface area contributed by atoms with E-state index in [4.69, 9.17) is 0 Å². The summed E-state index contributed by atoms with van der Waals surface area (Å²) in [5.74, 6) is 0.512. The maximum absolute atomic E-state index is 10.9. The fraction of sp³-hybridized carbons (Fsp3) is 0.300. The zero-order chi connectivity index (χ0) is 13.8. The number of tetrazole rings is 1. The number of nitro groups is 1. The number of halogens is 1. The van der Waals surface area contributed by atoms with Crippen LogP contribution in [0.25, 0.3) is 0 Å². The Hall–Kier alpha value is -1.87. The van der Waals surface area contributed by atoms with E-state index >= 15 is 0 Å². The molecule has 1 aromatic carbocycles. The Balaban J connectivity index is 2.10. The van der Waals surface area contributed by atoms with Crippen LogP contribution in [0, 0.1) is 10.1 Å². The van der Waals surface area contributed by atoms with Gasteiger partial charge in [0.05, 0.1) is 11.0 Å². The van der Waals surface area contributed by atoms with Crippen molar-refractivity contribution in [1.29, 1.82) is 0 Å². The Labute approximate surface area is 116 Å². The third kappa shape index (κ3) is 3.32. The van der Waals surface area contributed by atoms with E-state index in [1.165, 1.54) is 6.07 Å². The molecule has 0 aliphatic heterocycles. The Morgan fingerprint density at radius 1 is 1.58 bits per heavy atom. The average molecular weight is 327 g/mol. The molecule has 0 bridgehead atoms. The fourth-order valence-corrected chi connectivity index (χ4v) is 1.99. The molecule has 0 aliphatic carbocycles. The lowest BCUT2D eigenvalue weighted by Gasteiger charge is -2.10.